The fourth-order valence-corrected chi connectivity index (χ4v) is 6.40. The number of hydrogen-bond acceptors (Lipinski definition) is 5. The number of ether oxygens (including phenoxy) is 1. The largest absolute Gasteiger partial charge is 0.495 e. The molecule has 0 saturated heterocycles. The second kappa shape index (κ2) is 14.4. The van der Waals surface area contributed by atoms with Gasteiger partial charge in [-0.05, 0) is 55.3 Å². The third kappa shape index (κ3) is 7.78. The third-order valence-electron chi connectivity index (χ3n) is 7.29. The molecule has 0 aliphatic heterocycles. The molecular formula is C34H36ClN3O5S. The van der Waals surface area contributed by atoms with E-state index in [4.69, 9.17) is 16.3 Å². The molecule has 4 rings (SSSR count). The molecule has 0 fully saturated rings. The van der Waals surface area contributed by atoms with Crippen molar-refractivity contribution in [3.8, 4) is 5.75 Å². The van der Waals surface area contributed by atoms with Crippen LogP contribution in [0.15, 0.2) is 102 Å². The van der Waals surface area contributed by atoms with Crippen LogP contribution in [0.2, 0.25) is 5.02 Å². The number of anilines is 1. The molecule has 0 spiro atoms. The molecule has 1 unspecified atom stereocenters. The number of sulfonamides is 1. The van der Waals surface area contributed by atoms with Crippen LogP contribution in [-0.4, -0.2) is 51.9 Å². The van der Waals surface area contributed by atoms with Crippen LogP contribution >= 0.6 is 11.6 Å². The van der Waals surface area contributed by atoms with E-state index in [1.807, 2.05) is 68.4 Å². The molecule has 0 bridgehead atoms. The Balaban J connectivity index is 1.83. The predicted octanol–water partition coefficient (Wildman–Crippen LogP) is 5.55. The first-order valence-corrected chi connectivity index (χ1v) is 15.9. The van der Waals surface area contributed by atoms with Crippen LogP contribution in [0, 0.1) is 13.8 Å². The summed E-state index contributed by atoms with van der Waals surface area (Å²) < 4.78 is 34.9. The molecule has 8 nitrogen and oxygen atoms in total. The Morgan fingerprint density at radius 1 is 0.864 bits per heavy atom. The lowest BCUT2D eigenvalue weighted by atomic mass is 10.0. The van der Waals surface area contributed by atoms with Gasteiger partial charge in [-0.2, -0.15) is 0 Å². The zero-order valence-corrected chi connectivity index (χ0v) is 26.7. The van der Waals surface area contributed by atoms with Gasteiger partial charge in [0.25, 0.3) is 10.0 Å². The first kappa shape index (κ1) is 32.6. The van der Waals surface area contributed by atoms with Crippen molar-refractivity contribution in [3.63, 3.8) is 0 Å². The lowest BCUT2D eigenvalue weighted by Crippen LogP contribution is -2.53. The van der Waals surface area contributed by atoms with E-state index in [2.05, 4.69) is 5.32 Å². The summed E-state index contributed by atoms with van der Waals surface area (Å²) in [6.07, 6.45) is 0.226. The maximum absolute atomic E-state index is 14.4. The summed E-state index contributed by atoms with van der Waals surface area (Å²) in [5.41, 5.74) is 3.67. The van der Waals surface area contributed by atoms with Gasteiger partial charge in [0.15, 0.2) is 0 Å². The fourth-order valence-electron chi connectivity index (χ4n) is 4.82. The van der Waals surface area contributed by atoms with Gasteiger partial charge in [0.05, 0.1) is 17.7 Å². The SMILES string of the molecule is CNC(=O)C(Cc1ccccc1)N(Cc1ccc(C)cc1)C(=O)CN(c1cc(Cl)ccc1OC)S(=O)(=O)c1ccc(C)cc1. The van der Waals surface area contributed by atoms with Crippen LogP contribution < -0.4 is 14.4 Å². The summed E-state index contributed by atoms with van der Waals surface area (Å²) in [5, 5.41) is 2.95. The molecule has 4 aromatic carbocycles. The van der Waals surface area contributed by atoms with Gasteiger partial charge in [-0.25, -0.2) is 8.42 Å². The van der Waals surface area contributed by atoms with Crippen molar-refractivity contribution in [1.29, 1.82) is 0 Å². The molecule has 44 heavy (non-hydrogen) atoms. The minimum Gasteiger partial charge on any atom is -0.495 e. The van der Waals surface area contributed by atoms with Crippen molar-refractivity contribution < 1.29 is 22.7 Å². The average Bonchev–Trinajstić information content (AvgIpc) is 3.02. The summed E-state index contributed by atoms with van der Waals surface area (Å²) >= 11 is 6.33. The number of methoxy groups -OCH3 is 1. The van der Waals surface area contributed by atoms with Gasteiger partial charge in [0, 0.05) is 25.0 Å². The van der Waals surface area contributed by atoms with Gasteiger partial charge >= 0.3 is 0 Å². The van der Waals surface area contributed by atoms with Crippen molar-refractivity contribution in [2.75, 3.05) is 25.0 Å². The molecule has 0 radical (unpaired) electrons. The molecule has 2 amide bonds. The molecule has 0 aliphatic rings. The monoisotopic (exact) mass is 633 g/mol. The van der Waals surface area contributed by atoms with Crippen LogP contribution in [0.5, 0.6) is 5.75 Å². The number of nitrogens with one attached hydrogen (secondary N) is 1. The molecule has 0 heterocycles. The van der Waals surface area contributed by atoms with E-state index in [0.29, 0.717) is 0 Å². The maximum atomic E-state index is 14.4. The summed E-state index contributed by atoms with van der Waals surface area (Å²) in [5.74, 6) is -0.731. The second-order valence-electron chi connectivity index (χ2n) is 10.5. The highest BCUT2D eigenvalue weighted by atomic mass is 35.5. The van der Waals surface area contributed by atoms with E-state index in [0.717, 1.165) is 26.6 Å². The number of likely N-dealkylation sites (N-methyl/N-ethyl adjacent to an activating group) is 1. The van der Waals surface area contributed by atoms with Crippen molar-refractivity contribution in [3.05, 3.63) is 124 Å². The number of rotatable bonds is 12. The number of benzene rings is 4. The predicted molar refractivity (Wildman–Crippen MR) is 173 cm³/mol. The number of amides is 2. The molecule has 1 N–H and O–H groups in total. The molecular weight excluding hydrogens is 598 g/mol. The molecule has 1 atom stereocenters. The molecule has 0 saturated carbocycles. The normalized spacial score (nSPS) is 11.8. The van der Waals surface area contributed by atoms with Crippen molar-refractivity contribution in [2.24, 2.45) is 0 Å². The molecule has 230 valence electrons. The molecule has 10 heteroatoms. The first-order chi connectivity index (χ1) is 21.0. The third-order valence-corrected chi connectivity index (χ3v) is 9.30. The number of aryl methyl sites for hydroxylation is 2. The second-order valence-corrected chi connectivity index (χ2v) is 12.8. The van der Waals surface area contributed by atoms with Gasteiger partial charge in [-0.3, -0.25) is 13.9 Å². The van der Waals surface area contributed by atoms with Gasteiger partial charge in [-0.15, -0.1) is 0 Å². The highest BCUT2D eigenvalue weighted by Gasteiger charge is 2.35. The van der Waals surface area contributed by atoms with Crippen LogP contribution in [0.1, 0.15) is 22.3 Å². The summed E-state index contributed by atoms with van der Waals surface area (Å²) in [4.78, 5) is 29.2. The van der Waals surface area contributed by atoms with Crippen LogP contribution in [0.4, 0.5) is 5.69 Å². The Morgan fingerprint density at radius 3 is 2.07 bits per heavy atom. The lowest BCUT2D eigenvalue weighted by Gasteiger charge is -2.34. The molecule has 0 aromatic heterocycles. The quantitative estimate of drug-likeness (QED) is 0.221. The highest BCUT2D eigenvalue weighted by molar-refractivity contribution is 7.92. The topological polar surface area (TPSA) is 96.0 Å². The van der Waals surface area contributed by atoms with Crippen LogP contribution in [0.25, 0.3) is 0 Å². The van der Waals surface area contributed by atoms with Crippen LogP contribution in [0.3, 0.4) is 0 Å². The molecule has 4 aromatic rings. The minimum atomic E-state index is -4.29. The van der Waals surface area contributed by atoms with E-state index in [9.17, 15) is 18.0 Å². The zero-order chi connectivity index (χ0) is 31.9. The van der Waals surface area contributed by atoms with Crippen molar-refractivity contribution in [2.45, 2.75) is 37.8 Å². The number of hydrogen-bond donors (Lipinski definition) is 1. The first-order valence-electron chi connectivity index (χ1n) is 14.1. The minimum absolute atomic E-state index is 0.00449. The Morgan fingerprint density at radius 2 is 1.48 bits per heavy atom. The lowest BCUT2D eigenvalue weighted by molar-refractivity contribution is -0.139. The van der Waals surface area contributed by atoms with E-state index < -0.39 is 28.5 Å². The smallest absolute Gasteiger partial charge is 0.264 e. The number of carbonyl (C=O) groups is 2. The van der Waals surface area contributed by atoms with Gasteiger partial charge < -0.3 is 15.0 Å². The number of nitrogens with zero attached hydrogens (tertiary/aromatic N) is 2. The summed E-state index contributed by atoms with van der Waals surface area (Å²) in [7, 11) is -1.36. The molecule has 0 aliphatic carbocycles. The standard InChI is InChI=1S/C34H36ClN3O5S/c1-24-10-14-27(15-11-24)22-37(31(34(40)36-3)20-26-8-6-5-7-9-26)33(39)23-38(30-21-28(35)16-19-32(30)43-4)44(41,42)29-17-12-25(2)13-18-29/h5-19,21,31H,20,22-23H2,1-4H3,(H,36,40). The van der Waals surface area contributed by atoms with E-state index in [-0.39, 0.29) is 40.2 Å². The van der Waals surface area contributed by atoms with Crippen molar-refractivity contribution >= 4 is 39.1 Å². The van der Waals surface area contributed by atoms with Gasteiger partial charge in [0.2, 0.25) is 11.8 Å². The van der Waals surface area contributed by atoms with Gasteiger partial charge in [0.1, 0.15) is 18.3 Å². The highest BCUT2D eigenvalue weighted by Crippen LogP contribution is 2.35. The summed E-state index contributed by atoms with van der Waals surface area (Å²) in [6, 6.07) is 27.0. The van der Waals surface area contributed by atoms with E-state index in [1.54, 1.807) is 24.3 Å². The number of carbonyl (C=O) groups excluding carboxylic acids is 2. The summed E-state index contributed by atoms with van der Waals surface area (Å²) in [6.45, 7) is 3.28. The van der Waals surface area contributed by atoms with Crippen molar-refractivity contribution in [1.82, 2.24) is 10.2 Å². The maximum Gasteiger partial charge on any atom is 0.264 e. The Labute approximate surface area is 264 Å². The van der Waals surface area contributed by atoms with Gasteiger partial charge in [-0.1, -0.05) is 89.5 Å². The fraction of sp³-hybridized carbons (Fsp3) is 0.235. The average molecular weight is 634 g/mol. The Hall–Kier alpha value is -4.34. The Bertz CT molecular complexity index is 1700. The number of halogens is 1. The van der Waals surface area contributed by atoms with Crippen LogP contribution in [-0.2, 0) is 32.6 Å². The van der Waals surface area contributed by atoms with E-state index >= 15 is 0 Å². The zero-order valence-electron chi connectivity index (χ0n) is 25.2. The Kier molecular flexibility index (Phi) is 10.7. The van der Waals surface area contributed by atoms with E-state index in [1.165, 1.54) is 37.3 Å².